The van der Waals surface area contributed by atoms with Gasteiger partial charge in [-0.25, -0.2) is 23.3 Å². The lowest BCUT2D eigenvalue weighted by Gasteiger charge is -2.11. The Morgan fingerprint density at radius 2 is 2.10 bits per heavy atom. The van der Waals surface area contributed by atoms with E-state index in [2.05, 4.69) is 25.3 Å². The third kappa shape index (κ3) is 3.29. The quantitative estimate of drug-likeness (QED) is 0.516. The van der Waals surface area contributed by atoms with Gasteiger partial charge in [-0.3, -0.25) is 4.79 Å². The second-order valence-corrected chi connectivity index (χ2v) is 8.31. The Balaban J connectivity index is 1.45. The molecule has 30 heavy (non-hydrogen) atoms. The summed E-state index contributed by atoms with van der Waals surface area (Å²) < 4.78 is 16.9. The number of thiazole rings is 1. The first kappa shape index (κ1) is 18.9. The molecule has 1 amide bonds. The smallest absolute Gasteiger partial charge is 0.348 e. The van der Waals surface area contributed by atoms with Crippen molar-refractivity contribution in [2.75, 3.05) is 23.3 Å². The van der Waals surface area contributed by atoms with Crippen LogP contribution in [0.25, 0.3) is 16.0 Å². The van der Waals surface area contributed by atoms with Crippen LogP contribution >= 0.6 is 22.9 Å². The summed E-state index contributed by atoms with van der Waals surface area (Å²) in [6.45, 7) is 1.51. The van der Waals surface area contributed by atoms with Gasteiger partial charge < -0.3 is 10.2 Å². The SMILES string of the molecule is O=C(Cn1nc2c3sc(N4CCCC4)nc3ncn2c1=O)Nc1ccc(Cl)cc1F. The number of hydrogen-bond donors (Lipinski definition) is 1. The molecule has 0 atom stereocenters. The summed E-state index contributed by atoms with van der Waals surface area (Å²) in [5.41, 5.74) is 0.364. The molecule has 1 aliphatic rings. The van der Waals surface area contributed by atoms with Crippen molar-refractivity contribution >= 4 is 55.7 Å². The van der Waals surface area contributed by atoms with Crippen molar-refractivity contribution in [3.8, 4) is 0 Å². The number of amides is 1. The molecule has 3 aromatic heterocycles. The third-order valence-electron chi connectivity index (χ3n) is 4.84. The topological polar surface area (TPSA) is 97.4 Å². The number of carbonyl (C=O) groups excluding carboxylic acids is 1. The molecule has 4 heterocycles. The highest BCUT2D eigenvalue weighted by Crippen LogP contribution is 2.31. The van der Waals surface area contributed by atoms with Crippen molar-refractivity contribution in [2.24, 2.45) is 0 Å². The van der Waals surface area contributed by atoms with E-state index in [0.717, 1.165) is 41.8 Å². The Kier molecular flexibility index (Phi) is 4.63. The molecule has 0 radical (unpaired) electrons. The first-order valence-electron chi connectivity index (χ1n) is 9.24. The molecule has 0 aliphatic carbocycles. The number of anilines is 2. The standard InChI is InChI=1S/C18H15ClFN7O2S/c19-10-3-4-12(11(20)7-10)22-13(28)8-27-18(29)26-9-21-15-14(16(26)24-27)30-17(23-15)25-5-1-2-6-25/h3-4,7,9H,1-2,5-6,8H2,(H,22,28). The van der Waals surface area contributed by atoms with Gasteiger partial charge in [0.05, 0.1) is 5.69 Å². The molecule has 12 heteroatoms. The van der Waals surface area contributed by atoms with Crippen molar-refractivity contribution < 1.29 is 9.18 Å². The van der Waals surface area contributed by atoms with Gasteiger partial charge in [-0.05, 0) is 31.0 Å². The van der Waals surface area contributed by atoms with E-state index in [1.54, 1.807) is 0 Å². The summed E-state index contributed by atoms with van der Waals surface area (Å²) in [4.78, 5) is 36.0. The summed E-state index contributed by atoms with van der Waals surface area (Å²) in [5, 5.41) is 7.79. The molecule has 0 saturated carbocycles. The molecule has 0 spiro atoms. The molecule has 0 unspecified atom stereocenters. The van der Waals surface area contributed by atoms with Crippen LogP contribution in [0.5, 0.6) is 0 Å². The first-order valence-corrected chi connectivity index (χ1v) is 10.4. The maximum atomic E-state index is 13.9. The Morgan fingerprint density at radius 1 is 1.30 bits per heavy atom. The monoisotopic (exact) mass is 447 g/mol. The van der Waals surface area contributed by atoms with E-state index in [1.807, 2.05) is 0 Å². The summed E-state index contributed by atoms with van der Waals surface area (Å²) >= 11 is 7.14. The maximum Gasteiger partial charge on any atom is 0.352 e. The summed E-state index contributed by atoms with van der Waals surface area (Å²) in [6.07, 6.45) is 3.60. The van der Waals surface area contributed by atoms with Gasteiger partial charge in [-0.1, -0.05) is 22.9 Å². The highest BCUT2D eigenvalue weighted by atomic mass is 35.5. The molecular weight excluding hydrogens is 433 g/mol. The largest absolute Gasteiger partial charge is 0.352 e. The van der Waals surface area contributed by atoms with Crippen LogP contribution in [-0.2, 0) is 11.3 Å². The molecule has 1 N–H and O–H groups in total. The highest BCUT2D eigenvalue weighted by molar-refractivity contribution is 7.22. The Hall–Kier alpha value is -3.05. The van der Waals surface area contributed by atoms with Gasteiger partial charge in [0.2, 0.25) is 5.91 Å². The molecule has 1 aromatic carbocycles. The average Bonchev–Trinajstić information content (AvgIpc) is 3.43. The van der Waals surface area contributed by atoms with Gasteiger partial charge in [0.25, 0.3) is 0 Å². The zero-order valence-electron chi connectivity index (χ0n) is 15.5. The number of halogens is 2. The fourth-order valence-corrected chi connectivity index (χ4v) is 4.59. The van der Waals surface area contributed by atoms with E-state index in [0.29, 0.717) is 16.0 Å². The van der Waals surface area contributed by atoms with E-state index in [1.165, 1.54) is 34.2 Å². The Labute approximate surface area is 177 Å². The lowest BCUT2D eigenvalue weighted by Crippen LogP contribution is -2.28. The molecule has 0 bridgehead atoms. The zero-order valence-corrected chi connectivity index (χ0v) is 17.1. The molecule has 1 fully saturated rings. The fourth-order valence-electron chi connectivity index (χ4n) is 3.39. The minimum Gasteiger partial charge on any atom is -0.348 e. The normalized spacial score (nSPS) is 14.1. The second-order valence-electron chi connectivity index (χ2n) is 6.89. The van der Waals surface area contributed by atoms with Crippen molar-refractivity contribution in [2.45, 2.75) is 19.4 Å². The van der Waals surface area contributed by atoms with E-state index >= 15 is 0 Å². The Morgan fingerprint density at radius 3 is 2.87 bits per heavy atom. The number of hydrogen-bond acceptors (Lipinski definition) is 7. The summed E-state index contributed by atoms with van der Waals surface area (Å²) in [6, 6.07) is 3.91. The van der Waals surface area contributed by atoms with Gasteiger partial charge in [0.1, 0.15) is 23.4 Å². The van der Waals surface area contributed by atoms with Gasteiger partial charge in [-0.15, -0.1) is 5.10 Å². The summed E-state index contributed by atoms with van der Waals surface area (Å²) in [7, 11) is 0. The number of fused-ring (bicyclic) bond motifs is 3. The van der Waals surface area contributed by atoms with Gasteiger partial charge in [-0.2, -0.15) is 4.98 Å². The molecule has 1 aliphatic heterocycles. The number of nitrogens with one attached hydrogen (secondary N) is 1. The van der Waals surface area contributed by atoms with Crippen molar-refractivity contribution in [3.05, 3.63) is 45.9 Å². The van der Waals surface area contributed by atoms with E-state index in [-0.39, 0.29) is 17.3 Å². The average molecular weight is 448 g/mol. The van der Waals surface area contributed by atoms with Crippen LogP contribution in [0.1, 0.15) is 12.8 Å². The second kappa shape index (κ2) is 7.33. The molecular formula is C18H15ClFN7O2S. The molecule has 4 aromatic rings. The number of carbonyl (C=O) groups is 1. The van der Waals surface area contributed by atoms with E-state index in [9.17, 15) is 14.0 Å². The van der Waals surface area contributed by atoms with E-state index in [4.69, 9.17) is 11.6 Å². The van der Waals surface area contributed by atoms with Crippen LogP contribution < -0.4 is 15.9 Å². The highest BCUT2D eigenvalue weighted by Gasteiger charge is 2.20. The van der Waals surface area contributed by atoms with Crippen molar-refractivity contribution in [1.82, 2.24) is 24.1 Å². The minimum absolute atomic E-state index is 0.0250. The van der Waals surface area contributed by atoms with Crippen LogP contribution in [0.2, 0.25) is 5.02 Å². The van der Waals surface area contributed by atoms with Gasteiger partial charge in [0, 0.05) is 18.1 Å². The third-order valence-corrected chi connectivity index (χ3v) is 6.18. The van der Waals surface area contributed by atoms with Crippen molar-refractivity contribution in [3.63, 3.8) is 0 Å². The van der Waals surface area contributed by atoms with Crippen LogP contribution in [0.3, 0.4) is 0 Å². The minimum atomic E-state index is -0.664. The van der Waals surface area contributed by atoms with Crippen LogP contribution in [0.15, 0.2) is 29.3 Å². The Bertz CT molecular complexity index is 1340. The number of benzene rings is 1. The van der Waals surface area contributed by atoms with Crippen LogP contribution in [0.4, 0.5) is 15.2 Å². The van der Waals surface area contributed by atoms with Gasteiger partial charge >= 0.3 is 5.69 Å². The first-order chi connectivity index (χ1) is 14.5. The molecule has 9 nitrogen and oxygen atoms in total. The number of rotatable bonds is 4. The number of nitrogens with zero attached hydrogens (tertiary/aromatic N) is 6. The van der Waals surface area contributed by atoms with Crippen molar-refractivity contribution in [1.29, 1.82) is 0 Å². The lowest BCUT2D eigenvalue weighted by molar-refractivity contribution is -0.117. The lowest BCUT2D eigenvalue weighted by atomic mass is 10.3. The number of aromatic nitrogens is 5. The zero-order chi connectivity index (χ0) is 20.8. The molecule has 154 valence electrons. The summed E-state index contributed by atoms with van der Waals surface area (Å²) in [5.74, 6) is -1.25. The molecule has 1 saturated heterocycles. The maximum absolute atomic E-state index is 13.9. The predicted octanol–water partition coefficient (Wildman–Crippen LogP) is 2.53. The predicted molar refractivity (Wildman–Crippen MR) is 112 cm³/mol. The van der Waals surface area contributed by atoms with E-state index < -0.39 is 17.4 Å². The van der Waals surface area contributed by atoms with Crippen LogP contribution in [0, 0.1) is 5.82 Å². The van der Waals surface area contributed by atoms with Crippen LogP contribution in [-0.4, -0.2) is 43.1 Å². The fraction of sp³-hybridized carbons (Fsp3) is 0.278. The molecule has 5 rings (SSSR count). The van der Waals surface area contributed by atoms with Gasteiger partial charge in [0.15, 0.2) is 16.4 Å².